The molecule has 1 heterocycles. The number of rotatable bonds is 5. The van der Waals surface area contributed by atoms with E-state index in [9.17, 15) is 9.59 Å². The maximum absolute atomic E-state index is 12.2. The molecule has 2 aromatic rings. The summed E-state index contributed by atoms with van der Waals surface area (Å²) in [5.41, 5.74) is 1.32. The molecule has 1 unspecified atom stereocenters. The number of benzene rings is 2. The Bertz CT molecular complexity index is 758. The Morgan fingerprint density at radius 1 is 1.16 bits per heavy atom. The molecule has 1 saturated heterocycles. The van der Waals surface area contributed by atoms with E-state index >= 15 is 0 Å². The van der Waals surface area contributed by atoms with Crippen LogP contribution < -0.4 is 9.64 Å². The molecule has 5 nitrogen and oxygen atoms in total. The summed E-state index contributed by atoms with van der Waals surface area (Å²) in [7, 11) is 1.34. The van der Waals surface area contributed by atoms with E-state index in [1.54, 1.807) is 41.3 Å². The number of ether oxygens (including phenoxy) is 2. The third-order valence-electron chi connectivity index (χ3n) is 4.10. The molecule has 130 valence electrons. The largest absolute Gasteiger partial charge is 0.493 e. The molecule has 6 heteroatoms. The molecule has 0 N–H and O–H groups in total. The summed E-state index contributed by atoms with van der Waals surface area (Å²) in [6, 6.07) is 14.0. The maximum atomic E-state index is 12.2. The monoisotopic (exact) mass is 359 g/mol. The van der Waals surface area contributed by atoms with E-state index in [2.05, 4.69) is 4.74 Å². The molecular formula is C19H18ClNO4. The van der Waals surface area contributed by atoms with Crippen molar-refractivity contribution in [3.63, 3.8) is 0 Å². The van der Waals surface area contributed by atoms with E-state index < -0.39 is 0 Å². The van der Waals surface area contributed by atoms with Gasteiger partial charge in [-0.1, -0.05) is 11.6 Å². The summed E-state index contributed by atoms with van der Waals surface area (Å²) in [6.07, 6.45) is 0.447. The lowest BCUT2D eigenvalue weighted by molar-refractivity contribution is -0.117. The van der Waals surface area contributed by atoms with Gasteiger partial charge in [-0.25, -0.2) is 4.79 Å². The number of hydrogen-bond acceptors (Lipinski definition) is 4. The predicted molar refractivity (Wildman–Crippen MR) is 95.2 cm³/mol. The molecule has 0 spiro atoms. The van der Waals surface area contributed by atoms with Crippen molar-refractivity contribution in [2.45, 2.75) is 6.42 Å². The van der Waals surface area contributed by atoms with Crippen LogP contribution in [0.25, 0.3) is 0 Å². The number of halogens is 1. The van der Waals surface area contributed by atoms with Crippen molar-refractivity contribution >= 4 is 29.2 Å². The van der Waals surface area contributed by atoms with Crippen LogP contribution in [0, 0.1) is 5.92 Å². The number of carbonyl (C=O) groups is 2. The van der Waals surface area contributed by atoms with E-state index in [-0.39, 0.29) is 17.8 Å². The van der Waals surface area contributed by atoms with Gasteiger partial charge in [0.25, 0.3) is 0 Å². The van der Waals surface area contributed by atoms with Crippen LogP contribution in [0.1, 0.15) is 16.8 Å². The molecule has 2 aromatic carbocycles. The smallest absolute Gasteiger partial charge is 0.337 e. The van der Waals surface area contributed by atoms with E-state index in [0.29, 0.717) is 35.9 Å². The number of methoxy groups -OCH3 is 1. The SMILES string of the molecule is COC(=O)c1ccc(OCC2CC(=O)N(c3ccc(Cl)cc3)C2)cc1. The normalized spacial score (nSPS) is 16.8. The zero-order valence-electron chi connectivity index (χ0n) is 13.8. The van der Waals surface area contributed by atoms with Gasteiger partial charge in [-0.2, -0.15) is 0 Å². The highest BCUT2D eigenvalue weighted by atomic mass is 35.5. The molecule has 3 rings (SSSR count). The van der Waals surface area contributed by atoms with Crippen molar-refractivity contribution < 1.29 is 19.1 Å². The lowest BCUT2D eigenvalue weighted by Gasteiger charge is -2.17. The van der Waals surface area contributed by atoms with Crippen LogP contribution in [-0.4, -0.2) is 32.1 Å². The molecule has 1 fully saturated rings. The number of amides is 1. The zero-order valence-corrected chi connectivity index (χ0v) is 14.5. The van der Waals surface area contributed by atoms with Crippen LogP contribution in [0.5, 0.6) is 5.75 Å². The molecule has 1 amide bonds. The van der Waals surface area contributed by atoms with Gasteiger partial charge in [0.15, 0.2) is 0 Å². The van der Waals surface area contributed by atoms with Crippen molar-refractivity contribution in [3.05, 3.63) is 59.1 Å². The van der Waals surface area contributed by atoms with Crippen LogP contribution in [0.4, 0.5) is 5.69 Å². The molecule has 25 heavy (non-hydrogen) atoms. The first-order valence-corrected chi connectivity index (χ1v) is 8.31. The van der Waals surface area contributed by atoms with Gasteiger partial charge in [0.05, 0.1) is 19.3 Å². The quantitative estimate of drug-likeness (QED) is 0.766. The predicted octanol–water partition coefficient (Wildman–Crippen LogP) is 3.56. The molecule has 0 radical (unpaired) electrons. The van der Waals surface area contributed by atoms with Gasteiger partial charge in [0.2, 0.25) is 5.91 Å². The van der Waals surface area contributed by atoms with E-state index in [0.717, 1.165) is 5.69 Å². The Morgan fingerprint density at radius 2 is 1.84 bits per heavy atom. The van der Waals surface area contributed by atoms with E-state index in [1.165, 1.54) is 7.11 Å². The van der Waals surface area contributed by atoms with Gasteiger partial charge in [-0.05, 0) is 48.5 Å². The molecule has 0 aliphatic carbocycles. The number of esters is 1. The number of nitrogens with zero attached hydrogens (tertiary/aromatic N) is 1. The topological polar surface area (TPSA) is 55.8 Å². The fourth-order valence-corrected chi connectivity index (χ4v) is 2.91. The summed E-state index contributed by atoms with van der Waals surface area (Å²) in [6.45, 7) is 1.05. The van der Waals surface area contributed by atoms with Gasteiger partial charge in [-0.3, -0.25) is 4.79 Å². The average molecular weight is 360 g/mol. The van der Waals surface area contributed by atoms with Gasteiger partial charge < -0.3 is 14.4 Å². The minimum absolute atomic E-state index is 0.0805. The average Bonchev–Trinajstić information content (AvgIpc) is 3.01. The van der Waals surface area contributed by atoms with Crippen LogP contribution in [-0.2, 0) is 9.53 Å². The second kappa shape index (κ2) is 7.57. The minimum Gasteiger partial charge on any atom is -0.493 e. The highest BCUT2D eigenvalue weighted by molar-refractivity contribution is 6.30. The number of hydrogen-bond donors (Lipinski definition) is 0. The van der Waals surface area contributed by atoms with Crippen molar-refractivity contribution in [2.24, 2.45) is 5.92 Å². The second-order valence-corrected chi connectivity index (χ2v) is 6.31. The van der Waals surface area contributed by atoms with Crippen molar-refractivity contribution in [1.29, 1.82) is 0 Å². The summed E-state index contributed by atoms with van der Waals surface area (Å²) in [5.74, 6) is 0.469. The van der Waals surface area contributed by atoms with Crippen molar-refractivity contribution in [2.75, 3.05) is 25.2 Å². The first-order valence-electron chi connectivity index (χ1n) is 7.94. The third-order valence-corrected chi connectivity index (χ3v) is 4.36. The first kappa shape index (κ1) is 17.3. The third kappa shape index (κ3) is 4.12. The molecular weight excluding hydrogens is 342 g/mol. The van der Waals surface area contributed by atoms with Gasteiger partial charge in [-0.15, -0.1) is 0 Å². The standard InChI is InChI=1S/C19H18ClNO4/c1-24-19(23)14-2-8-17(9-3-14)25-12-13-10-18(22)21(11-13)16-6-4-15(20)5-7-16/h2-9,13H,10-12H2,1H3. The zero-order chi connectivity index (χ0) is 17.8. The Morgan fingerprint density at radius 3 is 2.48 bits per heavy atom. The van der Waals surface area contributed by atoms with Gasteiger partial charge in [0.1, 0.15) is 5.75 Å². The summed E-state index contributed by atoms with van der Waals surface area (Å²) >= 11 is 5.89. The summed E-state index contributed by atoms with van der Waals surface area (Å²) < 4.78 is 10.4. The van der Waals surface area contributed by atoms with Crippen molar-refractivity contribution in [1.82, 2.24) is 0 Å². The fraction of sp³-hybridized carbons (Fsp3) is 0.263. The van der Waals surface area contributed by atoms with Gasteiger partial charge >= 0.3 is 5.97 Å². The molecule has 1 aliphatic rings. The maximum Gasteiger partial charge on any atom is 0.337 e. The van der Waals surface area contributed by atoms with Gasteiger partial charge in [0, 0.05) is 29.6 Å². The fourth-order valence-electron chi connectivity index (χ4n) is 2.78. The van der Waals surface area contributed by atoms with Crippen molar-refractivity contribution in [3.8, 4) is 5.75 Å². The highest BCUT2D eigenvalue weighted by Gasteiger charge is 2.31. The lowest BCUT2D eigenvalue weighted by Crippen LogP contribution is -2.25. The number of anilines is 1. The summed E-state index contributed by atoms with van der Waals surface area (Å²) in [5, 5.41) is 0.644. The van der Waals surface area contributed by atoms with E-state index in [4.69, 9.17) is 16.3 Å². The Kier molecular flexibility index (Phi) is 5.24. The molecule has 0 bridgehead atoms. The number of carbonyl (C=O) groups excluding carboxylic acids is 2. The van der Waals surface area contributed by atoms with E-state index in [1.807, 2.05) is 12.1 Å². The first-order chi connectivity index (χ1) is 12.1. The summed E-state index contributed by atoms with van der Waals surface area (Å²) in [4.78, 5) is 25.4. The highest BCUT2D eigenvalue weighted by Crippen LogP contribution is 2.27. The molecule has 1 atom stereocenters. The molecule has 0 aromatic heterocycles. The van der Waals surface area contributed by atoms with Crippen LogP contribution in [0.3, 0.4) is 0 Å². The van der Waals surface area contributed by atoms with Crippen LogP contribution in [0.2, 0.25) is 5.02 Å². The lowest BCUT2D eigenvalue weighted by atomic mass is 10.1. The minimum atomic E-state index is -0.383. The second-order valence-electron chi connectivity index (χ2n) is 5.88. The molecule has 1 aliphatic heterocycles. The van der Waals surface area contributed by atoms with Crippen LogP contribution >= 0.6 is 11.6 Å². The van der Waals surface area contributed by atoms with Crippen LogP contribution in [0.15, 0.2) is 48.5 Å². The Hall–Kier alpha value is -2.53. The molecule has 0 saturated carbocycles. The Balaban J connectivity index is 1.56. The Labute approximate surface area is 151 Å².